The number of benzene rings is 1. The lowest BCUT2D eigenvalue weighted by Crippen LogP contribution is -2.56. The van der Waals surface area contributed by atoms with Crippen molar-refractivity contribution in [1.29, 1.82) is 0 Å². The van der Waals surface area contributed by atoms with Crippen LogP contribution in [0.3, 0.4) is 0 Å². The fourth-order valence-corrected chi connectivity index (χ4v) is 9.46. The Hall–Kier alpha value is -2.37. The van der Waals surface area contributed by atoms with E-state index in [1.165, 1.54) is 44.2 Å². The van der Waals surface area contributed by atoms with Gasteiger partial charge in [0.1, 0.15) is 6.10 Å². The standard InChI is InChI=1S/C30H42N4O2/c1-20(35)36-28-27(34-17-16-31-32-34)19-26-24-11-10-21-18-23(33(4)22-8-6-5-7-9-22)12-14-29(21,2)25(24)13-15-30(26,28)3/h5-9,16-17,21,23-28H,10-15,18-19H2,1-4H3/t21?,23-,24?,25?,26?,27-,28-,29-,30-/m0/s1. The third kappa shape index (κ3) is 3.69. The third-order valence-corrected chi connectivity index (χ3v) is 11.4. The average molecular weight is 491 g/mol. The number of fused-ring (bicyclic) bond motifs is 5. The Balaban J connectivity index is 1.24. The van der Waals surface area contributed by atoms with Crippen molar-refractivity contribution in [2.45, 2.75) is 90.3 Å². The third-order valence-electron chi connectivity index (χ3n) is 11.4. The van der Waals surface area contributed by atoms with Crippen molar-refractivity contribution in [1.82, 2.24) is 15.0 Å². The van der Waals surface area contributed by atoms with Crippen molar-refractivity contribution < 1.29 is 9.53 Å². The van der Waals surface area contributed by atoms with Crippen LogP contribution in [0.4, 0.5) is 5.69 Å². The largest absolute Gasteiger partial charge is 0.460 e. The van der Waals surface area contributed by atoms with Crippen LogP contribution in [0.5, 0.6) is 0 Å². The van der Waals surface area contributed by atoms with E-state index in [1.807, 2.05) is 10.9 Å². The van der Waals surface area contributed by atoms with Gasteiger partial charge in [0.05, 0.1) is 12.2 Å². The number of rotatable bonds is 4. The minimum absolute atomic E-state index is 0.0113. The van der Waals surface area contributed by atoms with Gasteiger partial charge in [-0.2, -0.15) is 0 Å². The number of hydrogen-bond acceptors (Lipinski definition) is 5. The van der Waals surface area contributed by atoms with Crippen molar-refractivity contribution >= 4 is 11.7 Å². The van der Waals surface area contributed by atoms with E-state index in [1.54, 1.807) is 13.1 Å². The van der Waals surface area contributed by atoms with Gasteiger partial charge in [0.15, 0.2) is 0 Å². The quantitative estimate of drug-likeness (QED) is 0.499. The van der Waals surface area contributed by atoms with Gasteiger partial charge >= 0.3 is 5.97 Å². The molecule has 1 aromatic carbocycles. The molecule has 1 heterocycles. The monoisotopic (exact) mass is 490 g/mol. The maximum absolute atomic E-state index is 12.2. The Labute approximate surface area is 215 Å². The molecule has 4 saturated carbocycles. The molecule has 0 saturated heterocycles. The molecule has 0 radical (unpaired) electrons. The van der Waals surface area contributed by atoms with E-state index < -0.39 is 0 Å². The molecule has 0 aliphatic heterocycles. The number of anilines is 1. The summed E-state index contributed by atoms with van der Waals surface area (Å²) in [4.78, 5) is 14.7. The maximum Gasteiger partial charge on any atom is 0.302 e. The van der Waals surface area contributed by atoms with Gasteiger partial charge in [0, 0.05) is 37.3 Å². The lowest BCUT2D eigenvalue weighted by molar-refractivity contribution is -0.164. The summed E-state index contributed by atoms with van der Waals surface area (Å²) >= 11 is 0. The van der Waals surface area contributed by atoms with Crippen LogP contribution < -0.4 is 4.90 Å². The number of hydrogen-bond donors (Lipinski definition) is 0. The van der Waals surface area contributed by atoms with Gasteiger partial charge in [-0.3, -0.25) is 4.79 Å². The second kappa shape index (κ2) is 8.88. The zero-order valence-corrected chi connectivity index (χ0v) is 22.3. The Morgan fingerprint density at radius 3 is 2.53 bits per heavy atom. The van der Waals surface area contributed by atoms with Crippen molar-refractivity contribution in [3.05, 3.63) is 42.7 Å². The molecule has 194 valence electrons. The summed E-state index contributed by atoms with van der Waals surface area (Å²) in [5.41, 5.74) is 1.77. The molecule has 0 amide bonds. The first kappa shape index (κ1) is 24.0. The normalized spacial score (nSPS) is 41.6. The van der Waals surface area contributed by atoms with Crippen molar-refractivity contribution in [3.8, 4) is 0 Å². The van der Waals surface area contributed by atoms with E-state index in [9.17, 15) is 4.79 Å². The van der Waals surface area contributed by atoms with Gasteiger partial charge in [0.2, 0.25) is 0 Å². The fraction of sp³-hybridized carbons (Fsp3) is 0.700. The maximum atomic E-state index is 12.2. The van der Waals surface area contributed by atoms with Crippen LogP contribution in [0, 0.1) is 34.5 Å². The first-order chi connectivity index (χ1) is 17.3. The number of carbonyl (C=O) groups is 1. The smallest absolute Gasteiger partial charge is 0.302 e. The molecule has 0 bridgehead atoms. The second-order valence-corrected chi connectivity index (χ2v) is 12.8. The summed E-state index contributed by atoms with van der Waals surface area (Å²) in [6.45, 7) is 6.58. The first-order valence-corrected chi connectivity index (χ1v) is 14.1. The van der Waals surface area contributed by atoms with E-state index in [0.717, 1.165) is 24.7 Å². The topological polar surface area (TPSA) is 60.3 Å². The Bertz CT molecular complexity index is 1070. The number of nitrogens with zero attached hydrogens (tertiary/aromatic N) is 4. The predicted octanol–water partition coefficient (Wildman–Crippen LogP) is 5.91. The zero-order chi connectivity index (χ0) is 25.1. The molecule has 4 aliphatic rings. The van der Waals surface area contributed by atoms with E-state index in [0.29, 0.717) is 23.3 Å². The molecule has 1 aromatic heterocycles. The fourth-order valence-electron chi connectivity index (χ4n) is 9.46. The van der Waals surface area contributed by atoms with Crippen LogP contribution >= 0.6 is 0 Å². The van der Waals surface area contributed by atoms with E-state index in [4.69, 9.17) is 4.74 Å². The number of esters is 1. The highest BCUT2D eigenvalue weighted by atomic mass is 16.5. The highest BCUT2D eigenvalue weighted by Gasteiger charge is 2.64. The highest BCUT2D eigenvalue weighted by molar-refractivity contribution is 5.66. The summed E-state index contributed by atoms with van der Waals surface area (Å²) in [5.74, 6) is 2.66. The second-order valence-electron chi connectivity index (χ2n) is 12.8. The van der Waals surface area contributed by atoms with Crippen LogP contribution in [-0.4, -0.2) is 40.2 Å². The number of para-hydroxylation sites is 1. The number of carbonyl (C=O) groups excluding carboxylic acids is 1. The Morgan fingerprint density at radius 1 is 1.03 bits per heavy atom. The van der Waals surface area contributed by atoms with Crippen LogP contribution in [-0.2, 0) is 9.53 Å². The van der Waals surface area contributed by atoms with Crippen molar-refractivity contribution in [2.24, 2.45) is 34.5 Å². The Kier molecular flexibility index (Phi) is 5.92. The van der Waals surface area contributed by atoms with Gasteiger partial charge < -0.3 is 9.64 Å². The molecule has 4 fully saturated rings. The summed E-state index contributed by atoms with van der Waals surface area (Å²) in [6.07, 6.45) is 13.6. The zero-order valence-electron chi connectivity index (χ0n) is 22.3. The van der Waals surface area contributed by atoms with Crippen LogP contribution in [0.1, 0.15) is 78.2 Å². The average Bonchev–Trinajstić information content (AvgIpc) is 3.50. The van der Waals surface area contributed by atoms with E-state index >= 15 is 0 Å². The van der Waals surface area contributed by atoms with Gasteiger partial charge in [-0.25, -0.2) is 4.68 Å². The molecule has 6 rings (SSSR count). The van der Waals surface area contributed by atoms with E-state index in [2.05, 4.69) is 66.4 Å². The lowest BCUT2D eigenvalue weighted by atomic mass is 9.45. The van der Waals surface area contributed by atoms with Gasteiger partial charge in [0.25, 0.3) is 0 Å². The minimum atomic E-state index is -0.175. The predicted molar refractivity (Wildman–Crippen MR) is 140 cm³/mol. The summed E-state index contributed by atoms with van der Waals surface area (Å²) < 4.78 is 8.04. The minimum Gasteiger partial charge on any atom is -0.460 e. The Morgan fingerprint density at radius 2 is 1.81 bits per heavy atom. The van der Waals surface area contributed by atoms with Crippen molar-refractivity contribution in [3.63, 3.8) is 0 Å². The molecule has 2 aromatic rings. The lowest BCUT2D eigenvalue weighted by Gasteiger charge is -2.61. The molecule has 4 unspecified atom stereocenters. The number of aromatic nitrogens is 3. The van der Waals surface area contributed by atoms with Gasteiger partial charge in [-0.05, 0) is 92.6 Å². The summed E-state index contributed by atoms with van der Waals surface area (Å²) in [7, 11) is 2.29. The molecule has 36 heavy (non-hydrogen) atoms. The van der Waals surface area contributed by atoms with Crippen LogP contribution in [0.15, 0.2) is 42.7 Å². The molecule has 0 spiro atoms. The summed E-state index contributed by atoms with van der Waals surface area (Å²) in [5, 5.41) is 8.43. The molecular weight excluding hydrogens is 448 g/mol. The molecule has 4 aliphatic carbocycles. The van der Waals surface area contributed by atoms with Crippen LogP contribution in [0.2, 0.25) is 0 Å². The molecule has 0 N–H and O–H groups in total. The van der Waals surface area contributed by atoms with Gasteiger partial charge in [-0.1, -0.05) is 37.3 Å². The van der Waals surface area contributed by atoms with Crippen molar-refractivity contribution in [2.75, 3.05) is 11.9 Å². The number of ether oxygens (including phenoxy) is 1. The molecular formula is C30H42N4O2. The molecule has 9 atom stereocenters. The van der Waals surface area contributed by atoms with Crippen LogP contribution in [0.25, 0.3) is 0 Å². The van der Waals surface area contributed by atoms with Gasteiger partial charge in [-0.15, -0.1) is 5.10 Å². The summed E-state index contributed by atoms with van der Waals surface area (Å²) in [6, 6.07) is 11.6. The first-order valence-electron chi connectivity index (χ1n) is 14.1. The SMILES string of the molecule is CC(=O)O[C@H]1[C@@H](n2ccnn2)CC2C3CCC4C[C@@H](N(C)c5ccccc5)CC[C@]4(C)C3CC[C@@]21C. The molecule has 6 nitrogen and oxygen atoms in total. The van der Waals surface area contributed by atoms with E-state index in [-0.39, 0.29) is 23.5 Å². The highest BCUT2D eigenvalue weighted by Crippen LogP contribution is 2.68. The molecule has 6 heteroatoms.